The molecule has 2 saturated carbocycles. The van der Waals surface area contributed by atoms with Crippen LogP contribution in [0.25, 0.3) is 0 Å². The van der Waals surface area contributed by atoms with Crippen molar-refractivity contribution in [2.45, 2.75) is 38.6 Å². The number of esters is 1. The second kappa shape index (κ2) is 9.27. The second-order valence-corrected chi connectivity index (χ2v) is 9.19. The number of amides is 1. The first-order valence-corrected chi connectivity index (χ1v) is 11.4. The fraction of sp³-hybridized carbons (Fsp3) is 0.455. The quantitative estimate of drug-likeness (QED) is 0.657. The Morgan fingerprint density at radius 1 is 1.20 bits per heavy atom. The van der Waals surface area contributed by atoms with Crippen molar-refractivity contribution in [3.05, 3.63) is 51.2 Å². The number of hydrogen-bond acceptors (Lipinski definition) is 5. The molecule has 0 aliphatic heterocycles. The largest absolute Gasteiger partial charge is 0.455 e. The number of ether oxygens (including phenoxy) is 1. The minimum atomic E-state index is -0.509. The Bertz CT molecular complexity index is 1010. The zero-order valence-corrected chi connectivity index (χ0v) is 18.0. The number of rotatable bonds is 5. The van der Waals surface area contributed by atoms with E-state index in [2.05, 4.69) is 4.99 Å². The third-order valence-corrected chi connectivity index (χ3v) is 7.06. The highest BCUT2D eigenvalue weighted by atomic mass is 35.5. The Hall–Kier alpha value is -2.25. The van der Waals surface area contributed by atoms with E-state index in [1.54, 1.807) is 0 Å². The smallest absolute Gasteiger partial charge is 0.309 e. The van der Waals surface area contributed by atoms with Gasteiger partial charge in [-0.2, -0.15) is 4.99 Å². The molecule has 2 aliphatic rings. The number of thiazole rings is 1. The van der Waals surface area contributed by atoms with Crippen LogP contribution >= 0.6 is 22.9 Å². The number of fused-ring (bicyclic) bond motifs is 2. The molecular formula is C22H23ClN2O4S. The van der Waals surface area contributed by atoms with Crippen LogP contribution < -0.4 is 4.80 Å². The van der Waals surface area contributed by atoms with Crippen molar-refractivity contribution in [1.29, 1.82) is 0 Å². The van der Waals surface area contributed by atoms with Crippen LogP contribution in [-0.4, -0.2) is 28.8 Å². The van der Waals surface area contributed by atoms with E-state index in [9.17, 15) is 14.4 Å². The summed E-state index contributed by atoms with van der Waals surface area (Å²) < 4.78 is 7.08. The van der Waals surface area contributed by atoms with Gasteiger partial charge in [0.25, 0.3) is 5.91 Å². The fourth-order valence-electron chi connectivity index (χ4n) is 4.38. The lowest BCUT2D eigenvalue weighted by Crippen LogP contribution is -2.39. The number of nitrogens with zero attached hydrogens (tertiary/aromatic N) is 2. The summed E-state index contributed by atoms with van der Waals surface area (Å²) in [5.74, 6) is -0.936. The second-order valence-electron chi connectivity index (χ2n) is 7.91. The molecule has 6 nitrogen and oxygen atoms in total. The van der Waals surface area contributed by atoms with Crippen molar-refractivity contribution in [3.63, 3.8) is 0 Å². The molecule has 2 aromatic rings. The minimum Gasteiger partial charge on any atom is -0.455 e. The first-order valence-electron chi connectivity index (χ1n) is 10.2. The molecule has 0 N–H and O–H groups in total. The van der Waals surface area contributed by atoms with Crippen LogP contribution in [0, 0.1) is 17.8 Å². The van der Waals surface area contributed by atoms with Gasteiger partial charge < -0.3 is 9.30 Å². The van der Waals surface area contributed by atoms with E-state index in [1.165, 1.54) is 11.3 Å². The standard InChI is InChI=1S/C22H23ClN2O4S/c23-18-7-2-1-4-16(18)12-25-8-9-30-22(25)24-19(26)13-29-21(28)17-10-14-5-3-6-15(11-17)20(14)27/h1-2,4,7-9,14-15,17H,3,5-6,10-13H2/t14-,15-/m1/s1. The predicted molar refractivity (Wildman–Crippen MR) is 113 cm³/mol. The van der Waals surface area contributed by atoms with Gasteiger partial charge in [0.05, 0.1) is 12.5 Å². The topological polar surface area (TPSA) is 77.7 Å². The van der Waals surface area contributed by atoms with Crippen LogP contribution in [-0.2, 0) is 25.7 Å². The van der Waals surface area contributed by atoms with E-state index in [0.717, 1.165) is 24.8 Å². The van der Waals surface area contributed by atoms with Gasteiger partial charge in [0.15, 0.2) is 11.4 Å². The van der Waals surface area contributed by atoms with Gasteiger partial charge in [0.1, 0.15) is 5.78 Å². The maximum Gasteiger partial charge on any atom is 0.309 e. The molecule has 1 amide bonds. The monoisotopic (exact) mass is 446 g/mol. The number of Topliss-reactive ketones (excluding diaryl/α,β-unsaturated/α-hetero) is 1. The molecule has 0 spiro atoms. The van der Waals surface area contributed by atoms with E-state index < -0.39 is 11.9 Å². The lowest BCUT2D eigenvalue weighted by Gasteiger charge is -2.36. The van der Waals surface area contributed by atoms with Crippen molar-refractivity contribution in [2.75, 3.05) is 6.61 Å². The van der Waals surface area contributed by atoms with Crippen molar-refractivity contribution in [2.24, 2.45) is 22.7 Å². The van der Waals surface area contributed by atoms with Crippen LogP contribution in [0.4, 0.5) is 0 Å². The normalized spacial score (nSPS) is 24.0. The average molecular weight is 447 g/mol. The first-order chi connectivity index (χ1) is 14.5. The van der Waals surface area contributed by atoms with Gasteiger partial charge in [-0.1, -0.05) is 36.2 Å². The van der Waals surface area contributed by atoms with E-state index in [4.69, 9.17) is 16.3 Å². The molecule has 1 heterocycles. The summed E-state index contributed by atoms with van der Waals surface area (Å²) in [5.41, 5.74) is 0.926. The first kappa shape index (κ1) is 21.0. The molecule has 30 heavy (non-hydrogen) atoms. The summed E-state index contributed by atoms with van der Waals surface area (Å²) in [6, 6.07) is 7.51. The molecule has 4 rings (SSSR count). The van der Waals surface area contributed by atoms with E-state index in [0.29, 0.717) is 35.0 Å². The van der Waals surface area contributed by atoms with Crippen LogP contribution in [0.2, 0.25) is 5.02 Å². The van der Waals surface area contributed by atoms with Crippen LogP contribution in [0.5, 0.6) is 0 Å². The van der Waals surface area contributed by atoms with E-state index in [-0.39, 0.29) is 24.4 Å². The van der Waals surface area contributed by atoms with Crippen molar-refractivity contribution >= 4 is 40.6 Å². The van der Waals surface area contributed by atoms with Gasteiger partial charge in [-0.05, 0) is 37.3 Å². The number of carbonyl (C=O) groups excluding carboxylic acids is 3. The van der Waals surface area contributed by atoms with Crippen LogP contribution in [0.1, 0.15) is 37.7 Å². The maximum absolute atomic E-state index is 12.4. The lowest BCUT2D eigenvalue weighted by atomic mass is 9.67. The molecule has 0 saturated heterocycles. The summed E-state index contributed by atoms with van der Waals surface area (Å²) in [5, 5.41) is 2.49. The Kier molecular flexibility index (Phi) is 6.49. The van der Waals surface area contributed by atoms with Gasteiger partial charge in [-0.25, -0.2) is 0 Å². The molecule has 0 unspecified atom stereocenters. The molecule has 2 atom stereocenters. The third-order valence-electron chi connectivity index (χ3n) is 5.90. The zero-order valence-electron chi connectivity index (χ0n) is 16.5. The average Bonchev–Trinajstić information content (AvgIpc) is 3.14. The molecule has 2 fully saturated rings. The van der Waals surface area contributed by atoms with Gasteiger partial charge >= 0.3 is 5.97 Å². The van der Waals surface area contributed by atoms with Crippen molar-refractivity contribution in [1.82, 2.24) is 4.57 Å². The molecule has 0 radical (unpaired) electrons. The SMILES string of the molecule is O=C(COC(=O)C1C[C@H]2CCC[C@H](C1)C2=O)N=c1sccn1Cc1ccccc1Cl. The number of hydrogen-bond donors (Lipinski definition) is 0. The van der Waals surface area contributed by atoms with Crippen molar-refractivity contribution in [3.8, 4) is 0 Å². The Morgan fingerprint density at radius 3 is 2.67 bits per heavy atom. The highest BCUT2D eigenvalue weighted by Crippen LogP contribution is 2.40. The fourth-order valence-corrected chi connectivity index (χ4v) is 5.32. The molecule has 1 aromatic carbocycles. The molecular weight excluding hydrogens is 424 g/mol. The summed E-state index contributed by atoms with van der Waals surface area (Å²) in [7, 11) is 0. The van der Waals surface area contributed by atoms with Crippen molar-refractivity contribution < 1.29 is 19.1 Å². The van der Waals surface area contributed by atoms with Gasteiger partial charge in [0, 0.05) is 28.4 Å². The lowest BCUT2D eigenvalue weighted by molar-refractivity contribution is -0.156. The number of benzene rings is 1. The third kappa shape index (κ3) is 4.73. The highest BCUT2D eigenvalue weighted by Gasteiger charge is 2.41. The summed E-state index contributed by atoms with van der Waals surface area (Å²) in [6.45, 7) is 0.108. The predicted octanol–water partition coefficient (Wildman–Crippen LogP) is 3.62. The Labute approximate surface area is 183 Å². The minimum absolute atomic E-state index is 0.0228. The van der Waals surface area contributed by atoms with Crippen LogP contribution in [0.15, 0.2) is 40.8 Å². The molecule has 2 aliphatic carbocycles. The van der Waals surface area contributed by atoms with Crippen LogP contribution in [0.3, 0.4) is 0 Å². The summed E-state index contributed by atoms with van der Waals surface area (Å²) >= 11 is 7.55. The highest BCUT2D eigenvalue weighted by molar-refractivity contribution is 7.07. The summed E-state index contributed by atoms with van der Waals surface area (Å²) in [4.78, 5) is 41.5. The van der Waals surface area contributed by atoms with Gasteiger partial charge in [-0.15, -0.1) is 11.3 Å². The van der Waals surface area contributed by atoms with Gasteiger partial charge in [0.2, 0.25) is 0 Å². The number of aromatic nitrogens is 1. The molecule has 1 aromatic heterocycles. The number of ketones is 1. The molecule has 2 bridgehead atoms. The van der Waals surface area contributed by atoms with E-state index >= 15 is 0 Å². The van der Waals surface area contributed by atoms with Gasteiger partial charge in [-0.3, -0.25) is 14.4 Å². The Balaban J connectivity index is 1.36. The molecule has 8 heteroatoms. The zero-order chi connectivity index (χ0) is 21.1. The number of carbonyl (C=O) groups is 3. The summed E-state index contributed by atoms with van der Waals surface area (Å²) in [6.07, 6.45) is 5.69. The Morgan fingerprint density at radius 2 is 1.93 bits per heavy atom. The maximum atomic E-state index is 12.4. The number of halogens is 1. The molecule has 158 valence electrons. The van der Waals surface area contributed by atoms with E-state index in [1.807, 2.05) is 40.4 Å².